The van der Waals surface area contributed by atoms with Gasteiger partial charge in [0.2, 0.25) is 0 Å². The van der Waals surface area contributed by atoms with Crippen LogP contribution in [0.25, 0.3) is 54.9 Å². The first-order chi connectivity index (χ1) is 22.7. The molecular weight excluding hydrogens is 787 g/mol. The summed E-state index contributed by atoms with van der Waals surface area (Å²) in [4.78, 5) is 17.0. The van der Waals surface area contributed by atoms with Gasteiger partial charge in [-0.3, -0.25) is 9.78 Å². The van der Waals surface area contributed by atoms with Crippen LogP contribution < -0.4 is 0 Å². The molecule has 1 N–H and O–H groups in total. The Bertz CT molecular complexity index is 2130. The molecule has 49 heavy (non-hydrogen) atoms. The Hall–Kier alpha value is -3.73. The quantitative estimate of drug-likeness (QED) is 0.0939. The van der Waals surface area contributed by atoms with Crippen LogP contribution >= 0.6 is 0 Å². The van der Waals surface area contributed by atoms with Crippen LogP contribution in [0.3, 0.4) is 0 Å². The summed E-state index contributed by atoms with van der Waals surface area (Å²) < 4.78 is 12.0. The molecule has 261 valence electrons. The largest absolute Gasteiger partial charge is 0.512 e. The van der Waals surface area contributed by atoms with Crippen molar-refractivity contribution in [1.29, 1.82) is 0 Å². The number of hydrogen-bond donors (Lipinski definition) is 1. The fourth-order valence-corrected chi connectivity index (χ4v) is 6.32. The van der Waals surface area contributed by atoms with Crippen LogP contribution in [0, 0.1) is 23.8 Å². The van der Waals surface area contributed by atoms with Crippen molar-refractivity contribution in [1.82, 2.24) is 4.98 Å². The van der Waals surface area contributed by atoms with Crippen molar-refractivity contribution >= 4 is 49.5 Å². The van der Waals surface area contributed by atoms with E-state index in [1.165, 1.54) is 17.0 Å². The van der Waals surface area contributed by atoms with E-state index in [2.05, 4.69) is 63.2 Å². The van der Waals surface area contributed by atoms with Gasteiger partial charge in [-0.05, 0) is 61.8 Å². The number of aliphatic hydroxyl groups excluding tert-OH is 1. The molecule has 0 unspecified atom stereocenters. The molecule has 0 amide bonds. The number of fused-ring (bicyclic) bond motifs is 6. The molecule has 3 aromatic carbocycles. The maximum absolute atomic E-state index is 12.2. The van der Waals surface area contributed by atoms with Crippen LogP contribution in [0.4, 0.5) is 0 Å². The van der Waals surface area contributed by atoms with E-state index in [0.717, 1.165) is 80.8 Å². The number of hydrogen-bond acceptors (Lipinski definition) is 5. The van der Waals surface area contributed by atoms with Gasteiger partial charge in [-0.2, -0.15) is 0 Å². The number of pyridine rings is 1. The van der Waals surface area contributed by atoms with Gasteiger partial charge in [0.25, 0.3) is 0 Å². The average Bonchev–Trinajstić information content (AvgIpc) is 3.66. The number of benzene rings is 3. The number of furan rings is 2. The Morgan fingerprint density at radius 1 is 0.857 bits per heavy atom. The smallest absolute Gasteiger partial charge is 0.164 e. The Kier molecular flexibility index (Phi) is 11.4. The van der Waals surface area contributed by atoms with Gasteiger partial charge in [0, 0.05) is 59.7 Å². The number of carbonyl (C=O) groups excluding carboxylic acids is 1. The molecule has 0 aliphatic heterocycles. The minimum absolute atomic E-state index is 0. The average molecular weight is 837 g/mol. The van der Waals surface area contributed by atoms with E-state index in [4.69, 9.17) is 13.8 Å². The molecule has 0 saturated carbocycles. The van der Waals surface area contributed by atoms with Gasteiger partial charge in [0.1, 0.15) is 22.5 Å². The summed E-state index contributed by atoms with van der Waals surface area (Å²) in [6, 6.07) is 20.3. The van der Waals surface area contributed by atoms with Crippen molar-refractivity contribution in [3.8, 4) is 11.3 Å². The minimum Gasteiger partial charge on any atom is -0.512 e. The predicted octanol–water partition coefficient (Wildman–Crippen LogP) is 12.6. The molecule has 0 aliphatic carbocycles. The van der Waals surface area contributed by atoms with Gasteiger partial charge in [0.05, 0.1) is 11.6 Å². The Morgan fingerprint density at radius 3 is 2.14 bits per heavy atom. The number of aromatic nitrogens is 1. The van der Waals surface area contributed by atoms with E-state index < -0.39 is 0 Å². The summed E-state index contributed by atoms with van der Waals surface area (Å²) in [5.41, 5.74) is 6.15. The minimum atomic E-state index is -0.337. The van der Waals surface area contributed by atoms with Crippen molar-refractivity contribution in [2.75, 3.05) is 0 Å². The molecule has 6 heteroatoms. The third-order valence-corrected chi connectivity index (χ3v) is 10.7. The monoisotopic (exact) mass is 837 g/mol. The van der Waals surface area contributed by atoms with Crippen LogP contribution in [-0.2, 0) is 30.3 Å². The SMILES string of the molecule is CCC(C)(CC)C(=O)/C=C(\O)C(C)(CC)CC.Cc1coc2ccc3c(oc4ccnc(-c5[c-]c6ccccc6c(C(C)(C)C)c5)c43)c12.[Ir]. The van der Waals surface area contributed by atoms with Crippen LogP contribution in [0.2, 0.25) is 0 Å². The standard InChI is InChI=1S/C28H22NO2.C15H28O2.Ir/c1-16-15-30-22-10-9-20-25-23(31-27(20)24(16)22)11-12-29-26(25)18-13-17-7-5-6-8-19(17)21(14-18)28(2,3)4;1-7-14(5,8-2)12(16)11-13(17)15(6,9-3)10-4;/h5-12,14-15H,1-4H3;11,16H,7-10H2,1-6H3;/q-1;;/b;12-11-;. The third kappa shape index (κ3) is 7.14. The second kappa shape index (κ2) is 14.6. The maximum atomic E-state index is 12.2. The van der Waals surface area contributed by atoms with E-state index in [-0.39, 0.29) is 47.9 Å². The fraction of sp³-hybridized carbons (Fsp3) is 0.395. The normalized spacial score (nSPS) is 12.7. The molecule has 6 aromatic rings. The van der Waals surface area contributed by atoms with E-state index >= 15 is 0 Å². The second-order valence-corrected chi connectivity index (χ2v) is 14.7. The van der Waals surface area contributed by atoms with Gasteiger partial charge < -0.3 is 13.9 Å². The van der Waals surface area contributed by atoms with Gasteiger partial charge in [-0.15, -0.1) is 29.1 Å². The second-order valence-electron chi connectivity index (χ2n) is 14.7. The molecule has 0 spiro atoms. The molecule has 1 radical (unpaired) electrons. The van der Waals surface area contributed by atoms with Crippen LogP contribution in [0.1, 0.15) is 99.1 Å². The van der Waals surface area contributed by atoms with Crippen LogP contribution in [-0.4, -0.2) is 15.9 Å². The fourth-order valence-electron chi connectivity index (χ4n) is 6.32. The first-order valence-electron chi connectivity index (χ1n) is 17.3. The number of carbonyl (C=O) groups is 1. The molecule has 3 aromatic heterocycles. The third-order valence-electron chi connectivity index (χ3n) is 10.7. The number of aryl methyl sites for hydroxylation is 1. The molecule has 5 nitrogen and oxygen atoms in total. The van der Waals surface area contributed by atoms with Crippen molar-refractivity contribution < 1.29 is 38.8 Å². The zero-order chi connectivity index (χ0) is 35.0. The molecule has 0 bridgehead atoms. The van der Waals surface area contributed by atoms with Gasteiger partial charge in [-0.1, -0.05) is 91.5 Å². The zero-order valence-electron chi connectivity index (χ0n) is 30.6. The van der Waals surface area contributed by atoms with Crippen molar-refractivity contribution in [2.24, 2.45) is 10.8 Å². The molecular formula is C43H50IrNO4-. The first kappa shape index (κ1) is 38.1. The summed E-state index contributed by atoms with van der Waals surface area (Å²) in [7, 11) is 0. The van der Waals surface area contributed by atoms with E-state index in [0.29, 0.717) is 0 Å². The van der Waals surface area contributed by atoms with Crippen LogP contribution in [0.5, 0.6) is 0 Å². The molecule has 0 atom stereocenters. The van der Waals surface area contributed by atoms with Crippen molar-refractivity contribution in [3.05, 3.63) is 90.0 Å². The van der Waals surface area contributed by atoms with Gasteiger partial charge in [-0.25, -0.2) is 0 Å². The number of nitrogens with zero attached hydrogens (tertiary/aromatic N) is 1. The Labute approximate surface area is 304 Å². The topological polar surface area (TPSA) is 76.5 Å². The Morgan fingerprint density at radius 2 is 1.51 bits per heavy atom. The van der Waals surface area contributed by atoms with E-state index in [1.54, 1.807) is 6.26 Å². The molecule has 0 aliphatic rings. The van der Waals surface area contributed by atoms with Gasteiger partial charge >= 0.3 is 0 Å². The van der Waals surface area contributed by atoms with E-state index in [9.17, 15) is 9.90 Å². The summed E-state index contributed by atoms with van der Waals surface area (Å²) in [5.74, 6) is 0.286. The Balaban J connectivity index is 0.000000260. The number of allylic oxidation sites excluding steroid dienone is 2. The number of aliphatic hydroxyl groups is 1. The molecule has 6 rings (SSSR count). The molecule has 3 heterocycles. The summed E-state index contributed by atoms with van der Waals surface area (Å²) >= 11 is 0. The zero-order valence-corrected chi connectivity index (χ0v) is 33.0. The van der Waals surface area contributed by atoms with Crippen molar-refractivity contribution in [3.63, 3.8) is 0 Å². The number of ketones is 1. The summed E-state index contributed by atoms with van der Waals surface area (Å²) in [6.45, 7) is 20.9. The van der Waals surface area contributed by atoms with Crippen molar-refractivity contribution in [2.45, 2.75) is 100 Å². The van der Waals surface area contributed by atoms with Gasteiger partial charge in [0.15, 0.2) is 5.78 Å². The van der Waals surface area contributed by atoms with E-state index in [1.807, 2.05) is 66.8 Å². The predicted molar refractivity (Wildman–Crippen MR) is 200 cm³/mol. The maximum Gasteiger partial charge on any atom is 0.164 e. The summed E-state index contributed by atoms with van der Waals surface area (Å²) in [5, 5.41) is 15.6. The molecule has 0 saturated heterocycles. The number of rotatable bonds is 8. The molecule has 0 fully saturated rings. The summed E-state index contributed by atoms with van der Waals surface area (Å²) in [6.07, 6.45) is 8.35. The first-order valence-corrected chi connectivity index (χ1v) is 17.3. The van der Waals surface area contributed by atoms with Crippen LogP contribution in [0.15, 0.2) is 81.7 Å².